The number of benzene rings is 1. The molecule has 0 aliphatic carbocycles. The minimum absolute atomic E-state index is 0.0143. The number of hydrogen-bond acceptors (Lipinski definition) is 4. The van der Waals surface area contributed by atoms with Crippen LogP contribution in [0.3, 0.4) is 0 Å². The van der Waals surface area contributed by atoms with Gasteiger partial charge < -0.3 is 10.1 Å². The molecule has 1 aliphatic rings. The van der Waals surface area contributed by atoms with Gasteiger partial charge in [0, 0.05) is 25.2 Å². The lowest BCUT2D eigenvalue weighted by molar-refractivity contribution is -0.0498. The number of halogens is 3. The fourth-order valence-electron chi connectivity index (χ4n) is 2.33. The van der Waals surface area contributed by atoms with E-state index in [2.05, 4.69) is 10.1 Å². The molecule has 1 heterocycles. The van der Waals surface area contributed by atoms with E-state index in [0.29, 0.717) is 13.1 Å². The molecule has 0 saturated carbocycles. The van der Waals surface area contributed by atoms with Gasteiger partial charge >= 0.3 is 6.61 Å². The highest BCUT2D eigenvalue weighted by atomic mass is 35.5. The molecule has 1 saturated heterocycles. The average Bonchev–Trinajstić information content (AvgIpc) is 2.43. The van der Waals surface area contributed by atoms with Crippen LogP contribution in [0, 0.1) is 0 Å². The number of nitrogens with zero attached hydrogens (tertiary/aromatic N) is 1. The fourth-order valence-corrected chi connectivity index (χ4v) is 4.35. The van der Waals surface area contributed by atoms with Gasteiger partial charge in [0.2, 0.25) is 10.0 Å². The lowest BCUT2D eigenvalue weighted by atomic mass is 10.1. The molecule has 22 heavy (non-hydrogen) atoms. The van der Waals surface area contributed by atoms with Crippen molar-refractivity contribution in [2.75, 3.05) is 13.1 Å². The predicted molar refractivity (Wildman–Crippen MR) is 78.9 cm³/mol. The first-order valence-corrected chi connectivity index (χ1v) is 8.55. The van der Waals surface area contributed by atoms with Crippen molar-refractivity contribution in [2.45, 2.75) is 37.4 Å². The summed E-state index contributed by atoms with van der Waals surface area (Å²) in [5.74, 6) is -0.252. The Hall–Kier alpha value is -0.960. The Morgan fingerprint density at radius 2 is 2.09 bits per heavy atom. The molecule has 124 valence electrons. The molecule has 2 atom stereocenters. The molecule has 9 heteroatoms. The molecule has 0 spiro atoms. The summed E-state index contributed by atoms with van der Waals surface area (Å²) in [4.78, 5) is -0.0416. The molecular weight excluding hydrogens is 338 g/mol. The third-order valence-electron chi connectivity index (χ3n) is 3.70. The fraction of sp³-hybridized carbons (Fsp3) is 0.538. The lowest BCUT2D eigenvalue weighted by Crippen LogP contribution is -2.57. The number of nitrogens with one attached hydrogen (secondary N) is 1. The molecule has 1 aliphatic heterocycles. The Morgan fingerprint density at radius 3 is 2.68 bits per heavy atom. The molecule has 2 unspecified atom stereocenters. The van der Waals surface area contributed by atoms with Gasteiger partial charge in [-0.25, -0.2) is 8.42 Å². The van der Waals surface area contributed by atoms with Gasteiger partial charge in [-0.15, -0.1) is 0 Å². The molecule has 1 fully saturated rings. The number of sulfonamides is 1. The minimum Gasteiger partial charge on any atom is -0.433 e. The second kappa shape index (κ2) is 6.66. The van der Waals surface area contributed by atoms with Gasteiger partial charge in [-0.3, -0.25) is 0 Å². The van der Waals surface area contributed by atoms with Crippen molar-refractivity contribution in [3.05, 3.63) is 23.2 Å². The van der Waals surface area contributed by atoms with E-state index in [1.54, 1.807) is 0 Å². The number of hydrogen-bond donors (Lipinski definition) is 1. The third-order valence-corrected chi connectivity index (χ3v) is 5.98. The van der Waals surface area contributed by atoms with Crippen LogP contribution in [-0.4, -0.2) is 44.5 Å². The zero-order valence-corrected chi connectivity index (χ0v) is 13.7. The van der Waals surface area contributed by atoms with Crippen molar-refractivity contribution in [1.29, 1.82) is 0 Å². The van der Waals surface area contributed by atoms with Crippen LogP contribution in [0.25, 0.3) is 0 Å². The van der Waals surface area contributed by atoms with E-state index in [9.17, 15) is 17.2 Å². The van der Waals surface area contributed by atoms with Crippen molar-refractivity contribution in [1.82, 2.24) is 9.62 Å². The summed E-state index contributed by atoms with van der Waals surface area (Å²) in [5, 5.41) is 3.02. The number of rotatable bonds is 4. The van der Waals surface area contributed by atoms with E-state index >= 15 is 0 Å². The van der Waals surface area contributed by atoms with Crippen molar-refractivity contribution < 1.29 is 21.9 Å². The van der Waals surface area contributed by atoms with Crippen molar-refractivity contribution in [3.8, 4) is 5.75 Å². The highest BCUT2D eigenvalue weighted by Crippen LogP contribution is 2.30. The highest BCUT2D eigenvalue weighted by molar-refractivity contribution is 7.89. The third kappa shape index (κ3) is 3.51. The molecular formula is C13H17ClF2N2O3S. The Morgan fingerprint density at radius 1 is 1.41 bits per heavy atom. The molecule has 1 N–H and O–H groups in total. The normalized spacial score (nSPS) is 23.7. The van der Waals surface area contributed by atoms with Crippen LogP contribution in [0.5, 0.6) is 5.75 Å². The Kier molecular flexibility index (Phi) is 5.26. The zero-order valence-electron chi connectivity index (χ0n) is 12.1. The summed E-state index contributed by atoms with van der Waals surface area (Å²) in [6.07, 6.45) is 0. The lowest BCUT2D eigenvalue weighted by Gasteiger charge is -2.37. The summed E-state index contributed by atoms with van der Waals surface area (Å²) in [5.41, 5.74) is 0. The maximum absolute atomic E-state index is 12.7. The topological polar surface area (TPSA) is 58.6 Å². The summed E-state index contributed by atoms with van der Waals surface area (Å²) in [6.45, 7) is 1.57. The van der Waals surface area contributed by atoms with Crippen molar-refractivity contribution in [3.63, 3.8) is 0 Å². The summed E-state index contributed by atoms with van der Waals surface area (Å²) in [7, 11) is -3.75. The first kappa shape index (κ1) is 17.4. The zero-order chi connectivity index (χ0) is 16.5. The van der Waals surface area contributed by atoms with E-state index in [1.807, 2.05) is 13.8 Å². The molecule has 2 rings (SSSR count). The Labute approximate surface area is 133 Å². The standard InChI is InChI=1S/C13H17ClF2N2O3S/c1-8-9(2)18(6-5-17-8)22(19,20)10-3-4-12(11(14)7-10)21-13(15)16/h3-4,7-9,13,17H,5-6H2,1-2H3. The van der Waals surface area contributed by atoms with Gasteiger partial charge in [0.1, 0.15) is 5.75 Å². The van der Waals surface area contributed by atoms with E-state index in [4.69, 9.17) is 11.6 Å². The van der Waals surface area contributed by atoms with Gasteiger partial charge in [-0.1, -0.05) is 11.6 Å². The SMILES string of the molecule is CC1NCCN(S(=O)(=O)c2ccc(OC(F)F)c(Cl)c2)C1C. The van der Waals surface area contributed by atoms with Gasteiger partial charge in [0.25, 0.3) is 0 Å². The van der Waals surface area contributed by atoms with E-state index in [1.165, 1.54) is 10.4 Å². The molecule has 0 bridgehead atoms. The highest BCUT2D eigenvalue weighted by Gasteiger charge is 2.34. The first-order valence-electron chi connectivity index (χ1n) is 6.73. The minimum atomic E-state index is -3.75. The molecule has 0 aromatic heterocycles. The molecule has 0 amide bonds. The average molecular weight is 355 g/mol. The number of alkyl halides is 2. The van der Waals surface area contributed by atoms with Crippen LogP contribution in [0.15, 0.2) is 23.1 Å². The molecule has 1 aromatic carbocycles. The van der Waals surface area contributed by atoms with Gasteiger partial charge in [0.15, 0.2) is 0 Å². The van der Waals surface area contributed by atoms with E-state index < -0.39 is 16.6 Å². The van der Waals surface area contributed by atoms with Crippen LogP contribution >= 0.6 is 11.6 Å². The van der Waals surface area contributed by atoms with Crippen LogP contribution in [0.2, 0.25) is 5.02 Å². The van der Waals surface area contributed by atoms with Gasteiger partial charge in [-0.2, -0.15) is 13.1 Å². The number of ether oxygens (including phenoxy) is 1. The van der Waals surface area contributed by atoms with Gasteiger partial charge in [0.05, 0.1) is 9.92 Å². The Bertz CT molecular complexity index is 642. The van der Waals surface area contributed by atoms with Crippen LogP contribution in [0.4, 0.5) is 8.78 Å². The van der Waals surface area contributed by atoms with Crippen molar-refractivity contribution in [2.24, 2.45) is 0 Å². The van der Waals surface area contributed by atoms with Gasteiger partial charge in [-0.05, 0) is 32.0 Å². The molecule has 1 aromatic rings. The van der Waals surface area contributed by atoms with Crippen molar-refractivity contribution >= 4 is 21.6 Å². The second-order valence-corrected chi connectivity index (χ2v) is 7.37. The Balaban J connectivity index is 2.31. The monoisotopic (exact) mass is 354 g/mol. The van der Waals surface area contributed by atoms with E-state index in [-0.39, 0.29) is 27.8 Å². The summed E-state index contributed by atoms with van der Waals surface area (Å²) >= 11 is 5.83. The first-order chi connectivity index (χ1) is 10.2. The van der Waals surface area contributed by atoms with Crippen LogP contribution in [-0.2, 0) is 10.0 Å². The smallest absolute Gasteiger partial charge is 0.387 e. The summed E-state index contributed by atoms with van der Waals surface area (Å²) in [6, 6.07) is 3.28. The molecule has 5 nitrogen and oxygen atoms in total. The van der Waals surface area contributed by atoms with E-state index in [0.717, 1.165) is 12.1 Å². The maximum atomic E-state index is 12.7. The molecule has 0 radical (unpaired) electrons. The van der Waals surface area contributed by atoms with Crippen LogP contribution < -0.4 is 10.1 Å². The summed E-state index contributed by atoms with van der Waals surface area (Å²) < 4.78 is 55.4. The van der Waals surface area contributed by atoms with Crippen LogP contribution in [0.1, 0.15) is 13.8 Å². The second-order valence-electron chi connectivity index (χ2n) is 5.07. The largest absolute Gasteiger partial charge is 0.433 e. The maximum Gasteiger partial charge on any atom is 0.387 e. The predicted octanol–water partition coefficient (Wildman–Crippen LogP) is 2.31. The number of piperazine rings is 1. The quantitative estimate of drug-likeness (QED) is 0.901.